The molecule has 0 fully saturated rings. The Kier molecular flexibility index (Phi) is 4.07. The predicted octanol–water partition coefficient (Wildman–Crippen LogP) is 3.93. The average Bonchev–Trinajstić information content (AvgIpc) is 3.23. The number of methoxy groups -OCH3 is 1. The Hall–Kier alpha value is -2.93. The molecule has 0 saturated heterocycles. The van der Waals surface area contributed by atoms with Gasteiger partial charge in [-0.3, -0.25) is 0 Å². The van der Waals surface area contributed by atoms with Crippen molar-refractivity contribution in [3.63, 3.8) is 0 Å². The summed E-state index contributed by atoms with van der Waals surface area (Å²) in [5.74, 6) is 2.35. The van der Waals surface area contributed by atoms with Gasteiger partial charge >= 0.3 is 0 Å². The molecule has 2 aromatic heterocycles. The summed E-state index contributed by atoms with van der Waals surface area (Å²) in [6.45, 7) is 2.60. The highest BCUT2D eigenvalue weighted by Gasteiger charge is 2.14. The zero-order chi connectivity index (χ0) is 17.2. The number of ether oxygens (including phenoxy) is 2. The maximum absolute atomic E-state index is 5.57. The van der Waals surface area contributed by atoms with Crippen LogP contribution in [0.4, 0.5) is 0 Å². The molecule has 25 heavy (non-hydrogen) atoms. The summed E-state index contributed by atoms with van der Waals surface area (Å²) in [5.41, 5.74) is 1.94. The van der Waals surface area contributed by atoms with Gasteiger partial charge in [-0.05, 0) is 43.3 Å². The Morgan fingerprint density at radius 3 is 2.60 bits per heavy atom. The van der Waals surface area contributed by atoms with Gasteiger partial charge in [0.2, 0.25) is 4.96 Å². The number of aromatic nitrogens is 4. The summed E-state index contributed by atoms with van der Waals surface area (Å²) >= 11 is 1.50. The van der Waals surface area contributed by atoms with Crippen molar-refractivity contribution in [3.8, 4) is 33.5 Å². The molecule has 0 unspecified atom stereocenters. The van der Waals surface area contributed by atoms with Crippen LogP contribution in [-0.4, -0.2) is 33.5 Å². The highest BCUT2D eigenvalue weighted by molar-refractivity contribution is 7.19. The number of hydrogen-bond acceptors (Lipinski definition) is 6. The zero-order valence-electron chi connectivity index (χ0n) is 13.8. The fourth-order valence-electron chi connectivity index (χ4n) is 2.54. The molecule has 0 bridgehead atoms. The molecule has 0 saturated carbocycles. The van der Waals surface area contributed by atoms with Crippen LogP contribution in [0.5, 0.6) is 11.5 Å². The number of fused-ring (bicyclic) bond motifs is 1. The first-order chi connectivity index (χ1) is 12.3. The van der Waals surface area contributed by atoms with Crippen LogP contribution in [0.15, 0.2) is 48.5 Å². The minimum Gasteiger partial charge on any atom is -0.497 e. The summed E-state index contributed by atoms with van der Waals surface area (Å²) < 4.78 is 12.5. The molecule has 0 N–H and O–H groups in total. The number of hydrogen-bond donors (Lipinski definition) is 0. The summed E-state index contributed by atoms with van der Waals surface area (Å²) in [6, 6.07) is 15.6. The maximum atomic E-state index is 5.57. The van der Waals surface area contributed by atoms with Crippen LogP contribution in [0, 0.1) is 0 Å². The van der Waals surface area contributed by atoms with Crippen molar-refractivity contribution in [1.82, 2.24) is 19.8 Å². The Balaban J connectivity index is 1.74. The van der Waals surface area contributed by atoms with Gasteiger partial charge in [-0.1, -0.05) is 23.5 Å². The molecular weight excluding hydrogens is 336 g/mol. The number of nitrogens with zero attached hydrogens (tertiary/aromatic N) is 4. The molecule has 0 spiro atoms. The first-order valence-electron chi connectivity index (χ1n) is 7.88. The van der Waals surface area contributed by atoms with Gasteiger partial charge in [-0.25, -0.2) is 0 Å². The predicted molar refractivity (Wildman–Crippen MR) is 97.3 cm³/mol. The lowest BCUT2D eigenvalue weighted by Crippen LogP contribution is -1.93. The molecule has 6 nitrogen and oxygen atoms in total. The van der Waals surface area contributed by atoms with E-state index in [-0.39, 0.29) is 0 Å². The van der Waals surface area contributed by atoms with Gasteiger partial charge in [0.05, 0.1) is 13.7 Å². The largest absolute Gasteiger partial charge is 0.497 e. The number of rotatable bonds is 5. The third kappa shape index (κ3) is 2.94. The summed E-state index contributed by atoms with van der Waals surface area (Å²) in [7, 11) is 1.65. The molecule has 126 valence electrons. The van der Waals surface area contributed by atoms with E-state index < -0.39 is 0 Å². The average molecular weight is 352 g/mol. The van der Waals surface area contributed by atoms with Gasteiger partial charge in [0.15, 0.2) is 5.82 Å². The van der Waals surface area contributed by atoms with E-state index in [1.54, 1.807) is 11.6 Å². The van der Waals surface area contributed by atoms with E-state index in [4.69, 9.17) is 9.47 Å². The topological polar surface area (TPSA) is 61.5 Å². The Morgan fingerprint density at radius 2 is 1.84 bits per heavy atom. The fourth-order valence-corrected chi connectivity index (χ4v) is 3.37. The monoisotopic (exact) mass is 352 g/mol. The van der Waals surface area contributed by atoms with Gasteiger partial charge in [0.25, 0.3) is 0 Å². The lowest BCUT2D eigenvalue weighted by Gasteiger charge is -2.03. The highest BCUT2D eigenvalue weighted by Crippen LogP contribution is 2.30. The van der Waals surface area contributed by atoms with Crippen molar-refractivity contribution in [2.75, 3.05) is 13.7 Å². The first kappa shape index (κ1) is 15.6. The van der Waals surface area contributed by atoms with E-state index in [1.165, 1.54) is 11.3 Å². The van der Waals surface area contributed by atoms with Crippen molar-refractivity contribution in [2.24, 2.45) is 0 Å². The second kappa shape index (κ2) is 6.52. The first-order valence-corrected chi connectivity index (χ1v) is 8.70. The summed E-state index contributed by atoms with van der Waals surface area (Å²) in [6.07, 6.45) is 0. The van der Waals surface area contributed by atoms with Crippen molar-refractivity contribution < 1.29 is 9.47 Å². The van der Waals surface area contributed by atoms with E-state index in [9.17, 15) is 0 Å². The Bertz CT molecular complexity index is 1010. The van der Waals surface area contributed by atoms with Gasteiger partial charge in [-0.15, -0.1) is 10.2 Å². The van der Waals surface area contributed by atoms with E-state index in [2.05, 4.69) is 15.3 Å². The van der Waals surface area contributed by atoms with Crippen molar-refractivity contribution in [1.29, 1.82) is 0 Å². The van der Waals surface area contributed by atoms with Gasteiger partial charge in [0, 0.05) is 11.1 Å². The molecule has 0 aliphatic heterocycles. The molecule has 0 radical (unpaired) electrons. The third-order valence-electron chi connectivity index (χ3n) is 3.73. The third-order valence-corrected chi connectivity index (χ3v) is 4.68. The summed E-state index contributed by atoms with van der Waals surface area (Å²) in [5, 5.41) is 14.1. The molecule has 0 atom stereocenters. The quantitative estimate of drug-likeness (QED) is 0.545. The van der Waals surface area contributed by atoms with Crippen LogP contribution >= 0.6 is 11.3 Å². The Morgan fingerprint density at radius 1 is 1.00 bits per heavy atom. The lowest BCUT2D eigenvalue weighted by molar-refractivity contribution is 0.340. The molecule has 7 heteroatoms. The van der Waals surface area contributed by atoms with Crippen LogP contribution in [-0.2, 0) is 0 Å². The SMILES string of the molecule is CCOc1cccc(-c2nn3c(-c4ccc(OC)cc4)nnc3s2)c1. The smallest absolute Gasteiger partial charge is 0.235 e. The molecular formula is C18H16N4O2S. The number of benzene rings is 2. The fraction of sp³-hybridized carbons (Fsp3) is 0.167. The molecule has 4 aromatic rings. The van der Waals surface area contributed by atoms with Crippen molar-refractivity contribution in [2.45, 2.75) is 6.92 Å². The van der Waals surface area contributed by atoms with E-state index >= 15 is 0 Å². The molecule has 2 aromatic carbocycles. The van der Waals surface area contributed by atoms with Crippen LogP contribution in [0.25, 0.3) is 26.9 Å². The van der Waals surface area contributed by atoms with Crippen LogP contribution in [0.3, 0.4) is 0 Å². The van der Waals surface area contributed by atoms with Gasteiger partial charge < -0.3 is 9.47 Å². The lowest BCUT2D eigenvalue weighted by atomic mass is 10.2. The van der Waals surface area contributed by atoms with Crippen molar-refractivity contribution >= 4 is 16.3 Å². The second-order valence-corrected chi connectivity index (χ2v) is 6.27. The molecule has 0 aliphatic carbocycles. The van der Waals surface area contributed by atoms with Crippen molar-refractivity contribution in [3.05, 3.63) is 48.5 Å². The summed E-state index contributed by atoms with van der Waals surface area (Å²) in [4.78, 5) is 0.752. The zero-order valence-corrected chi connectivity index (χ0v) is 14.7. The maximum Gasteiger partial charge on any atom is 0.235 e. The molecule has 0 amide bonds. The molecule has 2 heterocycles. The molecule has 0 aliphatic rings. The van der Waals surface area contributed by atoms with Crippen LogP contribution < -0.4 is 9.47 Å². The minimum atomic E-state index is 0.635. The van der Waals surface area contributed by atoms with Gasteiger partial charge in [-0.2, -0.15) is 9.61 Å². The molecule has 4 rings (SSSR count). The highest BCUT2D eigenvalue weighted by atomic mass is 32.1. The van der Waals surface area contributed by atoms with Gasteiger partial charge in [0.1, 0.15) is 16.5 Å². The Labute approximate surface area is 148 Å². The van der Waals surface area contributed by atoms with Crippen LogP contribution in [0.2, 0.25) is 0 Å². The normalized spacial score (nSPS) is 11.0. The van der Waals surface area contributed by atoms with Crippen LogP contribution in [0.1, 0.15) is 6.92 Å². The minimum absolute atomic E-state index is 0.635. The second-order valence-electron chi connectivity index (χ2n) is 5.31. The standard InChI is InChI=1S/C18H16N4O2S/c1-3-24-15-6-4-5-13(11-15)17-21-22-16(19-20-18(22)25-17)12-7-9-14(23-2)10-8-12/h4-11H,3H2,1-2H3. The van der Waals surface area contributed by atoms with E-state index in [0.717, 1.165) is 32.6 Å². The van der Waals surface area contributed by atoms with E-state index in [1.807, 2.05) is 55.5 Å². The van der Waals surface area contributed by atoms with E-state index in [0.29, 0.717) is 12.4 Å².